The molecule has 2 fully saturated rings. The Hall–Kier alpha value is -1.55. The Bertz CT molecular complexity index is 732. The normalized spacial score (nSPS) is 29.6. The maximum Gasteiger partial charge on any atom is 0.328 e. The van der Waals surface area contributed by atoms with E-state index in [2.05, 4.69) is 12.1 Å². The van der Waals surface area contributed by atoms with Crippen molar-refractivity contribution < 1.29 is 0 Å². The Morgan fingerprint density at radius 2 is 1.75 bits per heavy atom. The topological polar surface area (TPSA) is 53.0 Å². The largest absolute Gasteiger partial charge is 0.328 e. The lowest BCUT2D eigenvalue weighted by atomic mass is 9.90. The first-order valence-corrected chi connectivity index (χ1v) is 7.47. The fourth-order valence-electron chi connectivity index (χ4n) is 4.06. The zero-order valence-electron chi connectivity index (χ0n) is 12.0. The van der Waals surface area contributed by atoms with E-state index in [0.717, 1.165) is 22.9 Å². The van der Waals surface area contributed by atoms with Crippen molar-refractivity contribution in [3.63, 3.8) is 0 Å². The van der Waals surface area contributed by atoms with Crippen molar-refractivity contribution >= 4 is 11.0 Å². The van der Waals surface area contributed by atoms with Gasteiger partial charge >= 0.3 is 5.69 Å². The lowest BCUT2D eigenvalue weighted by Gasteiger charge is -2.21. The Kier molecular flexibility index (Phi) is 2.43. The third kappa shape index (κ3) is 1.61. The number of benzene rings is 1. The predicted molar refractivity (Wildman–Crippen MR) is 79.4 cm³/mol. The van der Waals surface area contributed by atoms with Gasteiger partial charge in [-0.25, -0.2) is 4.79 Å². The van der Waals surface area contributed by atoms with Crippen LogP contribution in [0.25, 0.3) is 11.0 Å². The summed E-state index contributed by atoms with van der Waals surface area (Å²) in [7, 11) is 3.64. The molecular weight excluding hydrogens is 250 g/mol. The molecule has 4 nitrogen and oxygen atoms in total. The van der Waals surface area contributed by atoms with Crippen LogP contribution in [0.5, 0.6) is 0 Å². The molecule has 20 heavy (non-hydrogen) atoms. The molecule has 0 amide bonds. The van der Waals surface area contributed by atoms with Gasteiger partial charge in [0.25, 0.3) is 0 Å². The quantitative estimate of drug-likeness (QED) is 0.907. The van der Waals surface area contributed by atoms with Gasteiger partial charge in [-0.05, 0) is 54.7 Å². The van der Waals surface area contributed by atoms with Crippen LogP contribution in [0, 0.1) is 17.8 Å². The first kappa shape index (κ1) is 12.2. The van der Waals surface area contributed by atoms with E-state index >= 15 is 0 Å². The van der Waals surface area contributed by atoms with Crippen LogP contribution in [0.3, 0.4) is 0 Å². The average Bonchev–Trinajstić information content (AvgIpc) is 3.02. The second kappa shape index (κ2) is 3.98. The zero-order chi connectivity index (χ0) is 14.0. The molecule has 2 saturated carbocycles. The summed E-state index contributed by atoms with van der Waals surface area (Å²) >= 11 is 0. The van der Waals surface area contributed by atoms with Gasteiger partial charge in [0.1, 0.15) is 0 Å². The van der Waals surface area contributed by atoms with Gasteiger partial charge in [0.2, 0.25) is 0 Å². The molecule has 2 aliphatic carbocycles. The van der Waals surface area contributed by atoms with E-state index in [1.807, 2.05) is 20.2 Å². The molecule has 4 heteroatoms. The van der Waals surface area contributed by atoms with Crippen LogP contribution in [0.4, 0.5) is 0 Å². The van der Waals surface area contributed by atoms with Gasteiger partial charge in [0.05, 0.1) is 11.0 Å². The molecule has 1 aromatic carbocycles. The summed E-state index contributed by atoms with van der Waals surface area (Å²) in [4.78, 5) is 12.0. The summed E-state index contributed by atoms with van der Waals surface area (Å²) < 4.78 is 3.40. The number of hydrogen-bond donors (Lipinski definition) is 1. The van der Waals surface area contributed by atoms with Crippen molar-refractivity contribution in [2.75, 3.05) is 0 Å². The second-order valence-corrected chi connectivity index (χ2v) is 6.66. The molecule has 0 radical (unpaired) electrons. The number of nitrogens with zero attached hydrogens (tertiary/aromatic N) is 2. The minimum Gasteiger partial charge on any atom is -0.324 e. The second-order valence-electron chi connectivity index (χ2n) is 6.66. The fraction of sp³-hybridized carbons (Fsp3) is 0.562. The van der Waals surface area contributed by atoms with Crippen LogP contribution in [0.15, 0.2) is 23.0 Å². The highest BCUT2D eigenvalue weighted by molar-refractivity contribution is 5.77. The highest BCUT2D eigenvalue weighted by Crippen LogP contribution is 2.56. The van der Waals surface area contributed by atoms with Crippen LogP contribution < -0.4 is 11.4 Å². The molecule has 3 atom stereocenters. The maximum atomic E-state index is 12.0. The fourth-order valence-corrected chi connectivity index (χ4v) is 4.06. The van der Waals surface area contributed by atoms with Crippen molar-refractivity contribution in [3.05, 3.63) is 34.2 Å². The molecule has 2 aromatic rings. The highest BCUT2D eigenvalue weighted by atomic mass is 16.1. The molecular formula is C16H21N3O. The van der Waals surface area contributed by atoms with Crippen molar-refractivity contribution in [1.29, 1.82) is 0 Å². The lowest BCUT2D eigenvalue weighted by molar-refractivity contribution is 0.404. The maximum absolute atomic E-state index is 12.0. The van der Waals surface area contributed by atoms with Gasteiger partial charge in [-0.15, -0.1) is 0 Å². The monoisotopic (exact) mass is 271 g/mol. The highest BCUT2D eigenvalue weighted by Gasteiger charge is 2.47. The zero-order valence-corrected chi connectivity index (χ0v) is 12.0. The number of aromatic nitrogens is 2. The Balaban J connectivity index is 1.73. The minimum atomic E-state index is 0.0211. The van der Waals surface area contributed by atoms with Crippen LogP contribution in [0.2, 0.25) is 0 Å². The lowest BCUT2D eigenvalue weighted by Crippen LogP contribution is -2.20. The van der Waals surface area contributed by atoms with Crippen molar-refractivity contribution in [1.82, 2.24) is 9.13 Å². The third-order valence-electron chi connectivity index (χ3n) is 5.47. The molecule has 1 aromatic heterocycles. The Morgan fingerprint density at radius 1 is 1.10 bits per heavy atom. The van der Waals surface area contributed by atoms with E-state index in [-0.39, 0.29) is 11.7 Å². The summed E-state index contributed by atoms with van der Waals surface area (Å²) in [6.07, 6.45) is 4.00. The number of fused-ring (bicyclic) bond motifs is 2. The Morgan fingerprint density at radius 3 is 2.45 bits per heavy atom. The standard InChI is InChI=1S/C16H21N3O/c1-18-13-4-3-9(8-14(13)19(2)16(18)20)15(17)12-6-10-5-11(10)7-12/h3-4,8,10-12,15H,5-7,17H2,1-2H3. The van der Waals surface area contributed by atoms with Gasteiger partial charge in [0.15, 0.2) is 0 Å². The first-order valence-electron chi connectivity index (χ1n) is 7.47. The van der Waals surface area contributed by atoms with Crippen LogP contribution in [-0.4, -0.2) is 9.13 Å². The number of imidazole rings is 1. The molecule has 2 aliphatic rings. The van der Waals surface area contributed by atoms with E-state index < -0.39 is 0 Å². The smallest absolute Gasteiger partial charge is 0.324 e. The van der Waals surface area contributed by atoms with E-state index in [4.69, 9.17) is 5.73 Å². The Labute approximate surface area is 118 Å². The SMILES string of the molecule is Cn1c(=O)n(C)c2cc(C(N)C3CC4CC4C3)ccc21. The van der Waals surface area contributed by atoms with Crippen LogP contribution in [0.1, 0.15) is 30.9 Å². The van der Waals surface area contributed by atoms with Crippen LogP contribution in [-0.2, 0) is 14.1 Å². The summed E-state index contributed by atoms with van der Waals surface area (Å²) in [6, 6.07) is 6.34. The summed E-state index contributed by atoms with van der Waals surface area (Å²) in [5.74, 6) is 2.53. The molecule has 4 rings (SSSR count). The number of nitrogens with two attached hydrogens (primary N) is 1. The van der Waals surface area contributed by atoms with Gasteiger partial charge in [-0.2, -0.15) is 0 Å². The number of aryl methyl sites for hydroxylation is 2. The van der Waals surface area contributed by atoms with Gasteiger partial charge in [0, 0.05) is 20.1 Å². The van der Waals surface area contributed by atoms with Gasteiger partial charge in [-0.1, -0.05) is 6.07 Å². The third-order valence-corrected chi connectivity index (χ3v) is 5.47. The molecule has 2 N–H and O–H groups in total. The average molecular weight is 271 g/mol. The molecule has 106 valence electrons. The molecule has 0 bridgehead atoms. The van der Waals surface area contributed by atoms with Gasteiger partial charge in [-0.3, -0.25) is 9.13 Å². The molecule has 0 aliphatic heterocycles. The summed E-state index contributed by atoms with van der Waals surface area (Å²) in [6.45, 7) is 0. The van der Waals surface area contributed by atoms with E-state index in [1.54, 1.807) is 9.13 Å². The van der Waals surface area contributed by atoms with Gasteiger partial charge < -0.3 is 5.73 Å². The number of hydrogen-bond acceptors (Lipinski definition) is 2. The summed E-state index contributed by atoms with van der Waals surface area (Å²) in [5.41, 5.74) is 9.62. The molecule has 3 unspecified atom stereocenters. The summed E-state index contributed by atoms with van der Waals surface area (Å²) in [5, 5.41) is 0. The van der Waals surface area contributed by atoms with E-state index in [0.29, 0.717) is 5.92 Å². The molecule has 1 heterocycles. The molecule has 0 spiro atoms. The van der Waals surface area contributed by atoms with E-state index in [9.17, 15) is 4.79 Å². The van der Waals surface area contributed by atoms with Crippen molar-refractivity contribution in [3.8, 4) is 0 Å². The predicted octanol–water partition coefficient (Wildman–Crippen LogP) is 1.92. The minimum absolute atomic E-state index is 0.0211. The van der Waals surface area contributed by atoms with Crippen molar-refractivity contribution in [2.45, 2.75) is 25.3 Å². The number of rotatable bonds is 2. The van der Waals surface area contributed by atoms with Crippen LogP contribution >= 0.6 is 0 Å². The first-order chi connectivity index (χ1) is 9.56. The molecule has 0 saturated heterocycles. The van der Waals surface area contributed by atoms with E-state index in [1.165, 1.54) is 24.8 Å². The van der Waals surface area contributed by atoms with Crippen molar-refractivity contribution in [2.24, 2.45) is 37.6 Å².